The first-order valence-electron chi connectivity index (χ1n) is 8.85. The summed E-state index contributed by atoms with van der Waals surface area (Å²) in [5, 5.41) is 2.55. The molecule has 0 radical (unpaired) electrons. The maximum atomic E-state index is 12.9. The lowest BCUT2D eigenvalue weighted by Crippen LogP contribution is -2.14. The minimum absolute atomic E-state index is 0.0402. The van der Waals surface area contributed by atoms with Gasteiger partial charge in [-0.15, -0.1) is 0 Å². The van der Waals surface area contributed by atoms with Crippen LogP contribution >= 0.6 is 11.5 Å². The molecule has 1 aliphatic rings. The number of carbonyl (C=O) groups excluding carboxylic acids is 1. The second-order valence-electron chi connectivity index (χ2n) is 6.66. The van der Waals surface area contributed by atoms with Crippen LogP contribution in [0, 0.1) is 0 Å². The van der Waals surface area contributed by atoms with E-state index in [0.29, 0.717) is 10.6 Å². The lowest BCUT2D eigenvalue weighted by Gasteiger charge is -2.09. The van der Waals surface area contributed by atoms with Gasteiger partial charge in [-0.05, 0) is 66.7 Å². The van der Waals surface area contributed by atoms with Gasteiger partial charge in [0, 0.05) is 23.0 Å². The van der Waals surface area contributed by atoms with Crippen molar-refractivity contribution in [3.63, 3.8) is 0 Å². The highest BCUT2D eigenvalue weighted by Crippen LogP contribution is 2.47. The van der Waals surface area contributed by atoms with E-state index in [0.717, 1.165) is 53.5 Å². The molecule has 1 aliphatic carbocycles. The number of nitrogens with one attached hydrogen (secondary N) is 1. The van der Waals surface area contributed by atoms with Crippen molar-refractivity contribution in [2.24, 2.45) is 0 Å². The van der Waals surface area contributed by atoms with E-state index < -0.39 is 17.8 Å². The Bertz CT molecular complexity index is 1040. The first-order valence-corrected chi connectivity index (χ1v) is 9.62. The van der Waals surface area contributed by atoms with Gasteiger partial charge in [0.25, 0.3) is 5.91 Å². The van der Waals surface area contributed by atoms with Crippen molar-refractivity contribution in [2.45, 2.75) is 24.9 Å². The molecule has 9 heteroatoms. The van der Waals surface area contributed by atoms with Crippen molar-refractivity contribution in [2.75, 3.05) is 12.4 Å². The van der Waals surface area contributed by atoms with Crippen molar-refractivity contribution in [3.05, 3.63) is 58.7 Å². The highest BCUT2D eigenvalue weighted by molar-refractivity contribution is 7.08. The van der Waals surface area contributed by atoms with Crippen molar-refractivity contribution >= 4 is 23.1 Å². The lowest BCUT2D eigenvalue weighted by molar-refractivity contribution is -0.141. The molecule has 4 rings (SSSR count). The van der Waals surface area contributed by atoms with Crippen LogP contribution in [-0.4, -0.2) is 22.4 Å². The normalized spacial score (nSPS) is 13.9. The van der Waals surface area contributed by atoms with Crippen LogP contribution in [0.4, 0.5) is 18.9 Å². The summed E-state index contributed by atoms with van der Waals surface area (Å²) < 4.78 is 48.2. The van der Waals surface area contributed by atoms with Crippen LogP contribution in [0.3, 0.4) is 0 Å². The highest BCUT2D eigenvalue weighted by Gasteiger charge is 2.35. The minimum atomic E-state index is -4.58. The number of amides is 1. The molecular weight excluding hydrogens is 403 g/mol. The number of hydrogen-bond donors (Lipinski definition) is 1. The van der Waals surface area contributed by atoms with Crippen LogP contribution in [0.15, 0.2) is 42.6 Å². The SMILES string of the molecule is COc1ccc(-c2nsc(C(=O)Nc3ccnc(C(F)(F)F)c3)c2C2CC2)cc1. The van der Waals surface area contributed by atoms with Crippen molar-refractivity contribution in [1.29, 1.82) is 0 Å². The number of benzene rings is 1. The van der Waals surface area contributed by atoms with Crippen LogP contribution in [0.25, 0.3) is 11.3 Å². The largest absolute Gasteiger partial charge is 0.497 e. The summed E-state index contributed by atoms with van der Waals surface area (Å²) in [5.74, 6) is 0.478. The van der Waals surface area contributed by atoms with Crippen molar-refractivity contribution in [3.8, 4) is 17.0 Å². The first kappa shape index (κ1) is 19.4. The molecule has 0 spiro atoms. The summed E-state index contributed by atoms with van der Waals surface area (Å²) in [7, 11) is 1.58. The zero-order valence-electron chi connectivity index (χ0n) is 15.3. The number of methoxy groups -OCH3 is 1. The standard InChI is InChI=1S/C20H16F3N3O2S/c1-28-14-6-4-12(5-7-14)17-16(11-2-3-11)18(29-26-17)19(27)25-13-8-9-24-15(10-13)20(21,22)23/h4-11H,2-3H2,1H3,(H,24,25,27). The smallest absolute Gasteiger partial charge is 0.433 e. The third kappa shape index (κ3) is 4.09. The van der Waals surface area contributed by atoms with Gasteiger partial charge in [-0.2, -0.15) is 17.5 Å². The molecule has 1 saturated carbocycles. The van der Waals surface area contributed by atoms with Crippen LogP contribution in [0.2, 0.25) is 0 Å². The molecule has 0 aliphatic heterocycles. The number of carbonyl (C=O) groups is 1. The van der Waals surface area contributed by atoms with Gasteiger partial charge >= 0.3 is 6.18 Å². The Morgan fingerprint density at radius 2 is 1.93 bits per heavy atom. The fourth-order valence-electron chi connectivity index (χ4n) is 3.02. The quantitative estimate of drug-likeness (QED) is 0.605. The van der Waals surface area contributed by atoms with E-state index in [9.17, 15) is 18.0 Å². The second-order valence-corrected chi connectivity index (χ2v) is 7.43. The average Bonchev–Trinajstić information content (AvgIpc) is 3.45. The Kier molecular flexibility index (Phi) is 4.99. The number of nitrogens with zero attached hydrogens (tertiary/aromatic N) is 2. The number of ether oxygens (including phenoxy) is 1. The Morgan fingerprint density at radius 3 is 2.55 bits per heavy atom. The summed E-state index contributed by atoms with van der Waals surface area (Å²) in [6.45, 7) is 0. The molecule has 1 amide bonds. The number of hydrogen-bond acceptors (Lipinski definition) is 5. The fraction of sp³-hybridized carbons (Fsp3) is 0.250. The van der Waals surface area contributed by atoms with Gasteiger partial charge in [0.1, 0.15) is 16.3 Å². The van der Waals surface area contributed by atoms with E-state index >= 15 is 0 Å². The van der Waals surface area contributed by atoms with E-state index in [1.165, 1.54) is 6.07 Å². The summed E-state index contributed by atoms with van der Waals surface area (Å²) in [6, 6.07) is 9.54. The van der Waals surface area contributed by atoms with Crippen LogP contribution in [-0.2, 0) is 6.18 Å². The molecule has 2 heterocycles. The number of halogens is 3. The van der Waals surface area contributed by atoms with Gasteiger partial charge in [-0.25, -0.2) is 0 Å². The van der Waals surface area contributed by atoms with Crippen LogP contribution in [0.1, 0.15) is 39.7 Å². The molecule has 0 atom stereocenters. The number of alkyl halides is 3. The van der Waals surface area contributed by atoms with Crippen LogP contribution in [0.5, 0.6) is 5.75 Å². The van der Waals surface area contributed by atoms with Gasteiger partial charge in [0.05, 0.1) is 12.8 Å². The minimum Gasteiger partial charge on any atom is -0.497 e. The molecule has 1 aromatic carbocycles. The van der Waals surface area contributed by atoms with Gasteiger partial charge in [-0.3, -0.25) is 9.78 Å². The van der Waals surface area contributed by atoms with E-state index in [2.05, 4.69) is 14.7 Å². The third-order valence-corrected chi connectivity index (χ3v) is 5.45. The van der Waals surface area contributed by atoms with Crippen molar-refractivity contribution < 1.29 is 22.7 Å². The monoisotopic (exact) mass is 419 g/mol. The molecule has 1 N–H and O–H groups in total. The molecule has 2 aromatic heterocycles. The molecule has 0 bridgehead atoms. The molecule has 0 saturated heterocycles. The number of rotatable bonds is 5. The van der Waals surface area contributed by atoms with Gasteiger partial charge in [0.15, 0.2) is 0 Å². The van der Waals surface area contributed by atoms with E-state index in [-0.39, 0.29) is 11.6 Å². The summed E-state index contributed by atoms with van der Waals surface area (Å²) in [4.78, 5) is 16.5. The zero-order valence-corrected chi connectivity index (χ0v) is 16.1. The first-order chi connectivity index (χ1) is 13.9. The molecule has 29 heavy (non-hydrogen) atoms. The summed E-state index contributed by atoms with van der Waals surface area (Å²) in [6.07, 6.45) is -1.65. The fourth-order valence-corrected chi connectivity index (χ4v) is 3.90. The third-order valence-electron chi connectivity index (χ3n) is 4.59. The molecular formula is C20H16F3N3O2S. The molecule has 3 aromatic rings. The predicted molar refractivity (Wildman–Crippen MR) is 103 cm³/mol. The highest BCUT2D eigenvalue weighted by atomic mass is 32.1. The predicted octanol–water partition coefficient (Wildman–Crippen LogP) is 5.36. The molecule has 0 unspecified atom stereocenters. The average molecular weight is 419 g/mol. The van der Waals surface area contributed by atoms with E-state index in [1.807, 2.05) is 24.3 Å². The molecule has 1 fully saturated rings. The van der Waals surface area contributed by atoms with Crippen molar-refractivity contribution in [1.82, 2.24) is 9.36 Å². The summed E-state index contributed by atoms with van der Waals surface area (Å²) in [5.41, 5.74) is 1.43. The topological polar surface area (TPSA) is 64.1 Å². The Balaban J connectivity index is 1.63. The number of pyridine rings is 1. The second kappa shape index (κ2) is 7.47. The summed E-state index contributed by atoms with van der Waals surface area (Å²) >= 11 is 1.06. The molecule has 150 valence electrons. The maximum Gasteiger partial charge on any atom is 0.433 e. The lowest BCUT2D eigenvalue weighted by atomic mass is 10.0. The van der Waals surface area contributed by atoms with Crippen LogP contribution < -0.4 is 10.1 Å². The number of aromatic nitrogens is 2. The Hall–Kier alpha value is -2.94. The van der Waals surface area contributed by atoms with E-state index in [4.69, 9.17) is 4.74 Å². The Morgan fingerprint density at radius 1 is 1.21 bits per heavy atom. The maximum absolute atomic E-state index is 12.9. The van der Waals surface area contributed by atoms with E-state index in [1.54, 1.807) is 7.11 Å². The van der Waals surface area contributed by atoms with Gasteiger partial charge in [-0.1, -0.05) is 0 Å². The molecule has 5 nitrogen and oxygen atoms in total. The zero-order chi connectivity index (χ0) is 20.6. The Labute approximate surface area is 168 Å². The van der Waals surface area contributed by atoms with Gasteiger partial charge in [0.2, 0.25) is 0 Å². The van der Waals surface area contributed by atoms with Gasteiger partial charge < -0.3 is 10.1 Å². The number of anilines is 1.